The Morgan fingerprint density at radius 3 is 2.19 bits per heavy atom. The van der Waals surface area contributed by atoms with Crippen LogP contribution in [0, 0.1) is 23.7 Å². The van der Waals surface area contributed by atoms with Gasteiger partial charge >= 0.3 is 0 Å². The molecule has 2 aromatic rings. The van der Waals surface area contributed by atoms with E-state index in [0.29, 0.717) is 5.69 Å². The summed E-state index contributed by atoms with van der Waals surface area (Å²) >= 11 is 0. The highest BCUT2D eigenvalue weighted by molar-refractivity contribution is 6.25. The number of anilines is 1. The van der Waals surface area contributed by atoms with Crippen LogP contribution in [0.25, 0.3) is 10.8 Å². The van der Waals surface area contributed by atoms with Gasteiger partial charge in [-0.15, -0.1) is 0 Å². The Balaban J connectivity index is 1.63. The lowest BCUT2D eigenvalue weighted by Crippen LogP contribution is -2.33. The second-order valence-corrected chi connectivity index (χ2v) is 7.44. The van der Waals surface area contributed by atoms with Gasteiger partial charge in [-0.25, -0.2) is 4.90 Å². The number of amides is 3. The SMILES string of the molecule is NC(=O)Cc1ccc(N2C(=O)C3C4C=CC(C4)C3C2=O)c2ccccc12. The molecule has 4 unspecified atom stereocenters. The summed E-state index contributed by atoms with van der Waals surface area (Å²) in [6.45, 7) is 0. The third kappa shape index (κ3) is 1.94. The fraction of sp³-hybridized carbons (Fsp3) is 0.286. The van der Waals surface area contributed by atoms with Gasteiger partial charge in [0.25, 0.3) is 0 Å². The molecule has 1 aliphatic heterocycles. The summed E-state index contributed by atoms with van der Waals surface area (Å²) in [6.07, 6.45) is 5.23. The van der Waals surface area contributed by atoms with Gasteiger partial charge in [-0.2, -0.15) is 0 Å². The normalized spacial score (nSPS) is 29.0. The number of allylic oxidation sites excluding steroid dienone is 2. The maximum Gasteiger partial charge on any atom is 0.238 e. The van der Waals surface area contributed by atoms with Gasteiger partial charge in [-0.05, 0) is 35.3 Å². The predicted octanol–water partition coefficient (Wildman–Crippen LogP) is 2.18. The number of nitrogens with zero attached hydrogens (tertiary/aromatic N) is 1. The van der Waals surface area contributed by atoms with Crippen molar-refractivity contribution in [2.45, 2.75) is 12.8 Å². The molecule has 3 amide bonds. The number of carbonyl (C=O) groups excluding carboxylic acids is 3. The van der Waals surface area contributed by atoms with E-state index in [1.807, 2.05) is 24.3 Å². The Morgan fingerprint density at radius 1 is 0.962 bits per heavy atom. The Hall–Kier alpha value is -2.95. The van der Waals surface area contributed by atoms with Gasteiger partial charge < -0.3 is 5.73 Å². The Kier molecular flexibility index (Phi) is 3.11. The number of nitrogens with two attached hydrogens (primary N) is 1. The van der Waals surface area contributed by atoms with Crippen molar-refractivity contribution in [3.05, 3.63) is 54.1 Å². The number of primary amides is 1. The van der Waals surface area contributed by atoms with Crippen LogP contribution in [0.2, 0.25) is 0 Å². The van der Waals surface area contributed by atoms with Crippen molar-refractivity contribution >= 4 is 34.2 Å². The minimum absolute atomic E-state index is 0.0929. The molecule has 2 fully saturated rings. The van der Waals surface area contributed by atoms with Crippen LogP contribution >= 0.6 is 0 Å². The van der Waals surface area contributed by atoms with Gasteiger partial charge in [0.1, 0.15) is 0 Å². The molecule has 2 aliphatic carbocycles. The van der Waals surface area contributed by atoms with Gasteiger partial charge in [0, 0.05) is 5.39 Å². The van der Waals surface area contributed by atoms with Crippen molar-refractivity contribution in [1.29, 1.82) is 0 Å². The molecule has 0 spiro atoms. The molecule has 2 N–H and O–H groups in total. The van der Waals surface area contributed by atoms with Crippen LogP contribution in [0.15, 0.2) is 48.6 Å². The number of hydrogen-bond acceptors (Lipinski definition) is 3. The van der Waals surface area contributed by atoms with Gasteiger partial charge in [0.05, 0.1) is 23.9 Å². The molecule has 5 nitrogen and oxygen atoms in total. The minimum atomic E-state index is -0.409. The van der Waals surface area contributed by atoms with E-state index in [4.69, 9.17) is 5.73 Å². The van der Waals surface area contributed by atoms with E-state index < -0.39 is 5.91 Å². The molecule has 2 aromatic carbocycles. The highest BCUT2D eigenvalue weighted by Crippen LogP contribution is 2.53. The number of rotatable bonds is 3. The fourth-order valence-electron chi connectivity index (χ4n) is 5.02. The van der Waals surface area contributed by atoms with E-state index in [1.165, 1.54) is 4.90 Å². The topological polar surface area (TPSA) is 80.5 Å². The van der Waals surface area contributed by atoms with Crippen molar-refractivity contribution < 1.29 is 14.4 Å². The lowest BCUT2D eigenvalue weighted by molar-refractivity contribution is -0.123. The molecular weight excluding hydrogens is 328 g/mol. The summed E-state index contributed by atoms with van der Waals surface area (Å²) < 4.78 is 0. The molecule has 1 heterocycles. The van der Waals surface area contributed by atoms with Crippen molar-refractivity contribution in [3.8, 4) is 0 Å². The molecule has 3 aliphatic rings. The van der Waals surface area contributed by atoms with E-state index in [9.17, 15) is 14.4 Å². The molecule has 0 aromatic heterocycles. The Labute approximate surface area is 150 Å². The molecule has 4 atom stereocenters. The zero-order valence-corrected chi connectivity index (χ0v) is 14.1. The van der Waals surface area contributed by atoms with Crippen molar-refractivity contribution in [1.82, 2.24) is 0 Å². The Bertz CT molecular complexity index is 979. The summed E-state index contributed by atoms with van der Waals surface area (Å²) in [4.78, 5) is 38.9. The summed E-state index contributed by atoms with van der Waals surface area (Å²) in [5.41, 5.74) is 6.77. The number of hydrogen-bond donors (Lipinski definition) is 1. The highest BCUT2D eigenvalue weighted by Gasteiger charge is 2.59. The zero-order chi connectivity index (χ0) is 18.0. The van der Waals surface area contributed by atoms with Crippen LogP contribution in [-0.4, -0.2) is 17.7 Å². The van der Waals surface area contributed by atoms with Crippen LogP contribution in [0.4, 0.5) is 5.69 Å². The van der Waals surface area contributed by atoms with Crippen LogP contribution < -0.4 is 10.6 Å². The smallest absolute Gasteiger partial charge is 0.238 e. The monoisotopic (exact) mass is 346 g/mol. The first-order chi connectivity index (χ1) is 12.6. The first-order valence-electron chi connectivity index (χ1n) is 8.91. The quantitative estimate of drug-likeness (QED) is 0.683. The zero-order valence-electron chi connectivity index (χ0n) is 14.1. The van der Waals surface area contributed by atoms with Crippen molar-refractivity contribution in [2.75, 3.05) is 4.90 Å². The molecule has 5 rings (SSSR count). The van der Waals surface area contributed by atoms with E-state index in [1.54, 1.807) is 12.1 Å². The Morgan fingerprint density at radius 2 is 1.58 bits per heavy atom. The maximum absolute atomic E-state index is 13.1. The van der Waals surface area contributed by atoms with E-state index >= 15 is 0 Å². The molecular formula is C21H18N2O3. The van der Waals surface area contributed by atoms with Crippen LogP contribution in [0.5, 0.6) is 0 Å². The molecule has 130 valence electrons. The van der Waals surface area contributed by atoms with Gasteiger partial charge in [0.15, 0.2) is 0 Å². The number of carbonyl (C=O) groups is 3. The lowest BCUT2D eigenvalue weighted by Gasteiger charge is -2.20. The average molecular weight is 346 g/mol. The first kappa shape index (κ1) is 15.3. The van der Waals surface area contributed by atoms with Crippen LogP contribution in [0.1, 0.15) is 12.0 Å². The van der Waals surface area contributed by atoms with Crippen molar-refractivity contribution in [3.63, 3.8) is 0 Å². The third-order valence-corrected chi connectivity index (χ3v) is 6.07. The van der Waals surface area contributed by atoms with Crippen LogP contribution in [0.3, 0.4) is 0 Å². The first-order valence-corrected chi connectivity index (χ1v) is 8.91. The molecule has 1 saturated heterocycles. The van der Waals surface area contributed by atoms with Gasteiger partial charge in [0.2, 0.25) is 17.7 Å². The fourth-order valence-corrected chi connectivity index (χ4v) is 5.02. The second kappa shape index (κ2) is 5.27. The predicted molar refractivity (Wildman–Crippen MR) is 97.1 cm³/mol. The minimum Gasteiger partial charge on any atom is -0.369 e. The molecule has 0 radical (unpaired) electrons. The highest BCUT2D eigenvalue weighted by atomic mass is 16.2. The van der Waals surface area contributed by atoms with Gasteiger partial charge in [-0.3, -0.25) is 14.4 Å². The number of imide groups is 1. The van der Waals surface area contributed by atoms with E-state index in [2.05, 4.69) is 12.2 Å². The van der Waals surface area contributed by atoms with E-state index in [0.717, 1.165) is 22.8 Å². The van der Waals surface area contributed by atoms with E-state index in [-0.39, 0.29) is 41.9 Å². The average Bonchev–Trinajstić information content (AvgIpc) is 3.30. The summed E-state index contributed by atoms with van der Waals surface area (Å²) in [6, 6.07) is 11.1. The third-order valence-electron chi connectivity index (χ3n) is 6.07. The van der Waals surface area contributed by atoms with Gasteiger partial charge in [-0.1, -0.05) is 42.5 Å². The summed E-state index contributed by atoms with van der Waals surface area (Å²) in [5, 5.41) is 1.65. The largest absolute Gasteiger partial charge is 0.369 e. The van der Waals surface area contributed by atoms with Crippen LogP contribution in [-0.2, 0) is 20.8 Å². The van der Waals surface area contributed by atoms with Crippen molar-refractivity contribution in [2.24, 2.45) is 29.4 Å². The standard InChI is InChI=1S/C21H18N2O3/c22-17(24)10-11-7-8-16(15-4-2-1-3-14(11)15)23-20(25)18-12-5-6-13(9-12)19(18)21(23)26/h1-8,12-13,18-19H,9-10H2,(H2,22,24). The molecule has 1 saturated carbocycles. The summed E-state index contributed by atoms with van der Waals surface area (Å²) in [5.74, 6) is -0.662. The maximum atomic E-state index is 13.1. The summed E-state index contributed by atoms with van der Waals surface area (Å²) in [7, 11) is 0. The molecule has 2 bridgehead atoms. The molecule has 5 heteroatoms. The lowest BCUT2D eigenvalue weighted by atomic mass is 9.85. The molecule has 26 heavy (non-hydrogen) atoms. The second-order valence-electron chi connectivity index (χ2n) is 7.44. The number of benzene rings is 2. The number of fused-ring (bicyclic) bond motifs is 6.